The van der Waals surface area contributed by atoms with Crippen molar-refractivity contribution in [3.8, 4) is 0 Å². The fourth-order valence-corrected chi connectivity index (χ4v) is 5.22. The molecule has 1 amide bonds. The number of alkyl carbamates (subject to hydrolysis) is 1. The van der Waals surface area contributed by atoms with E-state index in [0.717, 1.165) is 6.26 Å². The number of rotatable bonds is 61. The minimum atomic E-state index is -3.44. The van der Waals surface area contributed by atoms with Gasteiger partial charge in [-0.25, -0.2) is 4.79 Å². The maximum absolute atomic E-state index is 11.5. The van der Waals surface area contributed by atoms with Crippen LogP contribution in [0.5, 0.6) is 0 Å². The number of carbonyl (C=O) groups is 1. The zero-order valence-corrected chi connectivity index (χ0v) is 44.8. The lowest BCUT2D eigenvalue weighted by atomic mass is 10.2. The van der Waals surface area contributed by atoms with Crippen molar-refractivity contribution in [3.05, 3.63) is 0 Å². The van der Waals surface area contributed by atoms with Gasteiger partial charge in [0, 0.05) is 6.54 Å². The molecular weight excluding hydrogens is 983 g/mol. The van der Waals surface area contributed by atoms with E-state index >= 15 is 0 Å². The molecule has 0 spiro atoms. The Morgan fingerprint density at radius 3 is 0.597 bits per heavy atom. The summed E-state index contributed by atoms with van der Waals surface area (Å²) in [6.45, 7) is 23.0. The lowest BCUT2D eigenvalue weighted by molar-refractivity contribution is -0.0312. The number of carbonyl (C=O) groups excluding carboxylic acids is 1. The molecule has 25 nitrogen and oxygen atoms in total. The van der Waals surface area contributed by atoms with Gasteiger partial charge in [0.15, 0.2) is 0 Å². The van der Waals surface area contributed by atoms with Gasteiger partial charge in [0.1, 0.15) is 5.60 Å². The molecule has 0 aromatic heterocycles. The molecular formula is C46H93NO24S. The smallest absolute Gasteiger partial charge is 0.407 e. The first-order valence-electron chi connectivity index (χ1n) is 24.9. The van der Waals surface area contributed by atoms with Crippen LogP contribution in [0.15, 0.2) is 0 Å². The van der Waals surface area contributed by atoms with Crippen molar-refractivity contribution in [1.82, 2.24) is 5.32 Å². The van der Waals surface area contributed by atoms with Crippen LogP contribution in [0.1, 0.15) is 20.8 Å². The van der Waals surface area contributed by atoms with E-state index in [0.29, 0.717) is 251 Å². The van der Waals surface area contributed by atoms with E-state index in [1.165, 1.54) is 0 Å². The predicted molar refractivity (Wildman–Crippen MR) is 261 cm³/mol. The number of nitrogens with one attached hydrogen (secondary N) is 1. The molecule has 0 fully saturated rings. The zero-order chi connectivity index (χ0) is 52.4. The molecule has 0 heterocycles. The van der Waals surface area contributed by atoms with Crippen LogP contribution in [0.4, 0.5) is 4.79 Å². The van der Waals surface area contributed by atoms with Crippen molar-refractivity contribution in [2.75, 3.05) is 270 Å². The van der Waals surface area contributed by atoms with Crippen molar-refractivity contribution in [2.24, 2.45) is 0 Å². The van der Waals surface area contributed by atoms with Gasteiger partial charge in [0.05, 0.1) is 264 Å². The molecule has 0 aromatic rings. The molecule has 72 heavy (non-hydrogen) atoms. The van der Waals surface area contributed by atoms with Gasteiger partial charge >= 0.3 is 6.09 Å². The van der Waals surface area contributed by atoms with Crippen molar-refractivity contribution in [2.45, 2.75) is 26.4 Å². The molecule has 26 heteroatoms. The van der Waals surface area contributed by atoms with Crippen LogP contribution in [-0.4, -0.2) is 291 Å². The third kappa shape index (κ3) is 66.4. The minimum Gasteiger partial charge on any atom is -0.444 e. The van der Waals surface area contributed by atoms with Crippen LogP contribution in [-0.2, 0) is 109 Å². The molecule has 0 saturated heterocycles. The highest BCUT2D eigenvalue weighted by atomic mass is 32.2. The van der Waals surface area contributed by atoms with Crippen LogP contribution in [0.25, 0.3) is 0 Å². The van der Waals surface area contributed by atoms with Crippen LogP contribution < -0.4 is 5.32 Å². The number of hydrogen-bond donors (Lipinski definition) is 1. The van der Waals surface area contributed by atoms with Crippen molar-refractivity contribution in [3.63, 3.8) is 0 Å². The lowest BCUT2D eigenvalue weighted by Crippen LogP contribution is -2.34. The Morgan fingerprint density at radius 1 is 0.292 bits per heavy atom. The molecule has 432 valence electrons. The molecule has 0 atom stereocenters. The predicted octanol–water partition coefficient (Wildman–Crippen LogP) is 0.803. The summed E-state index contributed by atoms with van der Waals surface area (Å²) in [6, 6.07) is 0. The summed E-state index contributed by atoms with van der Waals surface area (Å²) >= 11 is 0. The van der Waals surface area contributed by atoms with Gasteiger partial charge in [-0.15, -0.1) is 0 Å². The summed E-state index contributed by atoms with van der Waals surface area (Å²) in [5.41, 5.74) is -0.521. The summed E-state index contributed by atoms with van der Waals surface area (Å²) < 4.78 is 135. The quantitative estimate of drug-likeness (QED) is 0.0653. The maximum Gasteiger partial charge on any atom is 0.407 e. The van der Waals surface area contributed by atoms with Crippen molar-refractivity contribution >= 4 is 16.2 Å². The van der Waals surface area contributed by atoms with Gasteiger partial charge in [-0.3, -0.25) is 4.18 Å². The van der Waals surface area contributed by atoms with Gasteiger partial charge in [0.25, 0.3) is 10.1 Å². The summed E-state index contributed by atoms with van der Waals surface area (Å²) in [6.07, 6.45) is 0.534. The Balaban J connectivity index is 3.10. The Kier molecular flexibility index (Phi) is 55.9. The second kappa shape index (κ2) is 57.1. The minimum absolute atomic E-state index is 0.0107. The molecule has 0 rings (SSSR count). The van der Waals surface area contributed by atoms with Crippen LogP contribution in [0.3, 0.4) is 0 Å². The lowest BCUT2D eigenvalue weighted by Gasteiger charge is -2.19. The van der Waals surface area contributed by atoms with Gasteiger partial charge in [-0.05, 0) is 20.8 Å². The number of ether oxygens (including phenoxy) is 20. The van der Waals surface area contributed by atoms with Gasteiger partial charge in [0.2, 0.25) is 0 Å². The highest BCUT2D eigenvalue weighted by Crippen LogP contribution is 2.06. The highest BCUT2D eigenvalue weighted by molar-refractivity contribution is 7.85. The fourth-order valence-electron chi connectivity index (χ4n) is 4.84. The number of amides is 1. The molecule has 0 saturated carbocycles. The van der Waals surface area contributed by atoms with E-state index < -0.39 is 21.8 Å². The second-order valence-electron chi connectivity index (χ2n) is 15.6. The topological polar surface area (TPSA) is 257 Å². The standard InChI is InChI=1S/C46H93NO24S/c1-46(2,3)71-45(48)47-5-6-51-7-8-52-9-10-53-11-12-54-13-14-55-15-16-56-17-18-57-19-20-58-21-22-59-23-24-60-25-26-61-27-28-62-29-30-63-31-32-64-33-34-65-35-36-66-37-38-67-39-40-68-41-42-69-43-44-70-72(4,49)50/h5-44H2,1-4H3,(H,47,48). The Labute approximate surface area is 429 Å². The Bertz CT molecular complexity index is 1190. The zero-order valence-electron chi connectivity index (χ0n) is 44.0. The summed E-state index contributed by atoms with van der Waals surface area (Å²) in [4.78, 5) is 11.5. The Morgan fingerprint density at radius 2 is 0.444 bits per heavy atom. The average molecular weight is 1080 g/mol. The maximum atomic E-state index is 11.5. The SMILES string of the molecule is CC(C)(C)OC(=O)NCCOCCOCCOCCOCCOCCOCCOCCOCCOCCOCCOCCOCCOCCOCCOCCOCCOCCOCCOCCOS(C)(=O)=O. The number of hydrogen-bond acceptors (Lipinski definition) is 24. The van der Waals surface area contributed by atoms with Crippen LogP contribution in [0, 0.1) is 0 Å². The summed E-state index contributed by atoms with van der Waals surface area (Å²) in [5.74, 6) is 0. The third-order valence-corrected chi connectivity index (χ3v) is 8.73. The van der Waals surface area contributed by atoms with Gasteiger partial charge in [-0.2, -0.15) is 8.42 Å². The molecule has 0 aliphatic heterocycles. The van der Waals surface area contributed by atoms with Crippen molar-refractivity contribution < 1.29 is 112 Å². The van der Waals surface area contributed by atoms with E-state index in [2.05, 4.69) is 9.50 Å². The Hall–Kier alpha value is -1.58. The van der Waals surface area contributed by atoms with Crippen LogP contribution in [0.2, 0.25) is 0 Å². The van der Waals surface area contributed by atoms with E-state index in [1.54, 1.807) is 0 Å². The molecule has 0 aliphatic rings. The molecule has 0 radical (unpaired) electrons. The molecule has 0 aromatic carbocycles. The molecule has 0 bridgehead atoms. The van der Waals surface area contributed by atoms with E-state index in [9.17, 15) is 13.2 Å². The van der Waals surface area contributed by atoms with Crippen molar-refractivity contribution in [1.29, 1.82) is 0 Å². The first kappa shape index (κ1) is 70.4. The average Bonchev–Trinajstić information content (AvgIpc) is 3.33. The monoisotopic (exact) mass is 1080 g/mol. The first-order chi connectivity index (χ1) is 35.1. The van der Waals surface area contributed by atoms with Crippen LogP contribution >= 0.6 is 0 Å². The van der Waals surface area contributed by atoms with E-state index in [-0.39, 0.29) is 13.2 Å². The van der Waals surface area contributed by atoms with Gasteiger partial charge in [-0.1, -0.05) is 0 Å². The third-order valence-electron chi connectivity index (χ3n) is 8.14. The summed E-state index contributed by atoms with van der Waals surface area (Å²) in [7, 11) is -3.44. The normalized spacial score (nSPS) is 12.1. The fraction of sp³-hybridized carbons (Fsp3) is 0.978. The largest absolute Gasteiger partial charge is 0.444 e. The highest BCUT2D eigenvalue weighted by Gasteiger charge is 2.15. The second-order valence-corrected chi connectivity index (χ2v) is 17.2. The summed E-state index contributed by atoms with van der Waals surface area (Å²) in [5, 5.41) is 2.63. The van der Waals surface area contributed by atoms with Gasteiger partial charge < -0.3 is 100 Å². The molecule has 1 N–H and O–H groups in total. The van der Waals surface area contributed by atoms with E-state index in [4.69, 9.17) is 94.7 Å². The molecule has 0 unspecified atom stereocenters. The molecule has 0 aliphatic carbocycles. The van der Waals surface area contributed by atoms with E-state index in [1.807, 2.05) is 20.8 Å². The first-order valence-corrected chi connectivity index (χ1v) is 26.7.